The topological polar surface area (TPSA) is 42.3 Å². The highest BCUT2D eigenvalue weighted by Crippen LogP contribution is 2.41. The fourth-order valence-electron chi connectivity index (χ4n) is 5.13. The molecule has 1 N–H and O–H groups in total. The molecule has 5 nitrogen and oxygen atoms in total. The fourth-order valence-corrected chi connectivity index (χ4v) is 5.46. The maximum Gasteiger partial charge on any atom is 0.170 e. The summed E-state index contributed by atoms with van der Waals surface area (Å²) in [5.74, 6) is 0. The molecule has 4 rings (SSSR count). The van der Waals surface area contributed by atoms with Crippen molar-refractivity contribution in [3.05, 3.63) is 81.9 Å². The summed E-state index contributed by atoms with van der Waals surface area (Å²) in [6, 6.07) is 12.9. The molecule has 3 aromatic rings. The van der Waals surface area contributed by atoms with Crippen molar-refractivity contribution < 1.29 is 4.74 Å². The minimum Gasteiger partial charge on any atom is -0.383 e. The number of thiocarbonyl (C=S) groups is 1. The van der Waals surface area contributed by atoms with Crippen molar-refractivity contribution >= 4 is 17.3 Å². The second-order valence-electron chi connectivity index (χ2n) is 8.72. The second kappa shape index (κ2) is 9.04. The Morgan fingerprint density at radius 1 is 1.06 bits per heavy atom. The van der Waals surface area contributed by atoms with Crippen LogP contribution >= 0.6 is 12.2 Å². The third-order valence-electron chi connectivity index (χ3n) is 6.38. The molecule has 0 bridgehead atoms. The van der Waals surface area contributed by atoms with Crippen LogP contribution in [-0.2, 0) is 4.74 Å². The molecule has 0 radical (unpaired) electrons. The molecular weight excluding hydrogens is 416 g/mol. The third-order valence-corrected chi connectivity index (χ3v) is 6.73. The molecule has 32 heavy (non-hydrogen) atoms. The molecular formula is C26H32N4OS. The zero-order chi connectivity index (χ0) is 23.0. The number of benzene rings is 1. The molecule has 6 heteroatoms. The summed E-state index contributed by atoms with van der Waals surface area (Å²) in [6.07, 6.45) is 1.84. The van der Waals surface area contributed by atoms with E-state index in [2.05, 4.69) is 78.7 Å². The van der Waals surface area contributed by atoms with Crippen LogP contribution in [0.1, 0.15) is 51.4 Å². The van der Waals surface area contributed by atoms with Gasteiger partial charge in [-0.1, -0.05) is 23.8 Å². The summed E-state index contributed by atoms with van der Waals surface area (Å²) in [4.78, 5) is 6.90. The van der Waals surface area contributed by atoms with Gasteiger partial charge in [-0.25, -0.2) is 0 Å². The zero-order valence-corrected chi connectivity index (χ0v) is 20.6. The second-order valence-corrected chi connectivity index (χ2v) is 9.11. The van der Waals surface area contributed by atoms with Gasteiger partial charge >= 0.3 is 0 Å². The van der Waals surface area contributed by atoms with Gasteiger partial charge in [0.2, 0.25) is 0 Å². The molecule has 1 fully saturated rings. The lowest BCUT2D eigenvalue weighted by molar-refractivity contribution is 0.164. The zero-order valence-electron chi connectivity index (χ0n) is 19.8. The van der Waals surface area contributed by atoms with Gasteiger partial charge in [-0.05, 0) is 81.7 Å². The lowest BCUT2D eigenvalue weighted by Gasteiger charge is -2.28. The first-order valence-corrected chi connectivity index (χ1v) is 11.5. The van der Waals surface area contributed by atoms with Crippen LogP contribution in [0.25, 0.3) is 5.69 Å². The van der Waals surface area contributed by atoms with Crippen LogP contribution < -0.4 is 5.32 Å². The van der Waals surface area contributed by atoms with E-state index >= 15 is 0 Å². The molecule has 3 heterocycles. The molecule has 1 aliphatic rings. The number of pyridine rings is 1. The van der Waals surface area contributed by atoms with E-state index in [1.807, 2.05) is 18.3 Å². The molecule has 0 aliphatic carbocycles. The van der Waals surface area contributed by atoms with Gasteiger partial charge in [-0.2, -0.15) is 0 Å². The Balaban J connectivity index is 1.86. The minimum atomic E-state index is -0.0188. The van der Waals surface area contributed by atoms with Crippen LogP contribution in [0.3, 0.4) is 0 Å². The van der Waals surface area contributed by atoms with Gasteiger partial charge in [0.1, 0.15) is 0 Å². The average Bonchev–Trinajstić information content (AvgIpc) is 3.22. The molecule has 2 atom stereocenters. The highest BCUT2D eigenvalue weighted by atomic mass is 32.1. The van der Waals surface area contributed by atoms with E-state index in [1.54, 1.807) is 7.11 Å². The van der Waals surface area contributed by atoms with Gasteiger partial charge < -0.3 is 19.5 Å². The van der Waals surface area contributed by atoms with E-state index in [4.69, 9.17) is 17.0 Å². The summed E-state index contributed by atoms with van der Waals surface area (Å²) >= 11 is 5.76. The Morgan fingerprint density at radius 3 is 2.41 bits per heavy atom. The predicted octanol–water partition coefficient (Wildman–Crippen LogP) is 5.03. The Labute approximate surface area is 196 Å². The first-order chi connectivity index (χ1) is 15.3. The van der Waals surface area contributed by atoms with Crippen LogP contribution in [0.5, 0.6) is 0 Å². The molecule has 1 aromatic carbocycles. The molecule has 1 aliphatic heterocycles. The highest BCUT2D eigenvalue weighted by molar-refractivity contribution is 7.80. The van der Waals surface area contributed by atoms with Crippen molar-refractivity contribution in [1.82, 2.24) is 19.8 Å². The number of methoxy groups -OCH3 is 1. The number of nitrogens with zero attached hydrogens (tertiary/aromatic N) is 3. The van der Waals surface area contributed by atoms with E-state index < -0.39 is 0 Å². The maximum atomic E-state index is 5.76. The van der Waals surface area contributed by atoms with E-state index in [9.17, 15) is 0 Å². The maximum absolute atomic E-state index is 5.76. The molecule has 168 valence electrons. The van der Waals surface area contributed by atoms with Crippen LogP contribution in [0.15, 0.2) is 42.6 Å². The van der Waals surface area contributed by atoms with E-state index in [-0.39, 0.29) is 12.1 Å². The normalized spacial score (nSPS) is 18.3. The van der Waals surface area contributed by atoms with Crippen molar-refractivity contribution in [1.29, 1.82) is 0 Å². The number of ether oxygens (including phenoxy) is 1. The van der Waals surface area contributed by atoms with Crippen LogP contribution in [0, 0.1) is 34.6 Å². The van der Waals surface area contributed by atoms with Gasteiger partial charge in [0, 0.05) is 31.2 Å². The number of nitrogens with one attached hydrogen (secondary N) is 1. The van der Waals surface area contributed by atoms with Crippen LogP contribution in [0.2, 0.25) is 0 Å². The summed E-state index contributed by atoms with van der Waals surface area (Å²) in [6.45, 7) is 12.3. The third kappa shape index (κ3) is 3.93. The quantitative estimate of drug-likeness (QED) is 0.536. The standard InChI is InChI=1S/C26H32N4OS/c1-16-13-17(2)24(18(3)14-16)30-19(4)15-21(20(30)5)25-23(22-9-7-8-10-27-22)28-26(32)29(25)11-12-31-6/h7-10,13-15,23,25H,11-12H2,1-6H3,(H,28,32). The van der Waals surface area contributed by atoms with Crippen molar-refractivity contribution in [3.8, 4) is 5.69 Å². The smallest absolute Gasteiger partial charge is 0.170 e. The van der Waals surface area contributed by atoms with Gasteiger partial charge in [0.05, 0.1) is 30.1 Å². The first kappa shape index (κ1) is 22.5. The van der Waals surface area contributed by atoms with Gasteiger partial charge in [-0.15, -0.1) is 0 Å². The number of hydrogen-bond donors (Lipinski definition) is 1. The number of rotatable bonds is 6. The van der Waals surface area contributed by atoms with Crippen molar-refractivity contribution in [2.24, 2.45) is 0 Å². The Hall–Kier alpha value is -2.70. The molecule has 0 saturated carbocycles. The lowest BCUT2D eigenvalue weighted by atomic mass is 9.96. The summed E-state index contributed by atoms with van der Waals surface area (Å²) in [5, 5.41) is 4.28. The lowest BCUT2D eigenvalue weighted by Crippen LogP contribution is -2.32. The highest BCUT2D eigenvalue weighted by Gasteiger charge is 2.41. The van der Waals surface area contributed by atoms with Crippen molar-refractivity contribution in [3.63, 3.8) is 0 Å². The number of hydrogen-bond acceptors (Lipinski definition) is 3. The minimum absolute atomic E-state index is 0.0188. The molecule has 2 aromatic heterocycles. The summed E-state index contributed by atoms with van der Waals surface area (Å²) < 4.78 is 7.79. The molecule has 1 saturated heterocycles. The van der Waals surface area contributed by atoms with Gasteiger partial charge in [-0.3, -0.25) is 4.98 Å². The Morgan fingerprint density at radius 2 is 1.78 bits per heavy atom. The van der Waals surface area contributed by atoms with Crippen molar-refractivity contribution in [2.75, 3.05) is 20.3 Å². The number of aryl methyl sites for hydroxylation is 4. The molecule has 0 spiro atoms. The van der Waals surface area contributed by atoms with Crippen LogP contribution in [0.4, 0.5) is 0 Å². The average molecular weight is 449 g/mol. The van der Waals surface area contributed by atoms with Crippen molar-refractivity contribution in [2.45, 2.75) is 46.7 Å². The largest absolute Gasteiger partial charge is 0.383 e. The summed E-state index contributed by atoms with van der Waals surface area (Å²) in [5.41, 5.74) is 9.84. The Bertz CT molecular complexity index is 1120. The van der Waals surface area contributed by atoms with Gasteiger partial charge in [0.25, 0.3) is 0 Å². The summed E-state index contributed by atoms with van der Waals surface area (Å²) in [7, 11) is 1.73. The molecule has 0 amide bonds. The predicted molar refractivity (Wildman–Crippen MR) is 133 cm³/mol. The van der Waals surface area contributed by atoms with E-state index in [0.717, 1.165) is 17.4 Å². The first-order valence-electron chi connectivity index (χ1n) is 11.1. The van der Waals surface area contributed by atoms with Gasteiger partial charge in [0.15, 0.2) is 5.11 Å². The fraction of sp³-hybridized carbons (Fsp3) is 0.385. The molecule has 2 unspecified atom stereocenters. The van der Waals surface area contributed by atoms with Crippen LogP contribution in [-0.4, -0.2) is 39.8 Å². The van der Waals surface area contributed by atoms with E-state index in [0.29, 0.717) is 6.61 Å². The number of aromatic nitrogens is 2. The van der Waals surface area contributed by atoms with E-state index in [1.165, 1.54) is 39.3 Å². The Kier molecular flexibility index (Phi) is 6.35. The monoisotopic (exact) mass is 448 g/mol. The SMILES string of the molecule is COCCN1C(=S)NC(c2ccccn2)C1c1cc(C)n(-c2c(C)cc(C)cc2C)c1C.